The van der Waals surface area contributed by atoms with E-state index < -0.39 is 5.97 Å². The second-order valence-electron chi connectivity index (χ2n) is 4.70. The number of esters is 1. The summed E-state index contributed by atoms with van der Waals surface area (Å²) in [7, 11) is 0. The fraction of sp³-hybridized carbons (Fsp3) is 0.471. The van der Waals surface area contributed by atoms with Crippen molar-refractivity contribution in [3.8, 4) is 23.8 Å². The molecule has 0 saturated carbocycles. The van der Waals surface area contributed by atoms with Gasteiger partial charge in [0.15, 0.2) is 11.5 Å². The molecule has 0 saturated heterocycles. The minimum Gasteiger partial charge on any atom is -0.504 e. The Hall–Kier alpha value is -2.27. The first-order valence-corrected chi connectivity index (χ1v) is 7.46. The molecule has 1 aromatic carbocycles. The van der Waals surface area contributed by atoms with E-state index in [-0.39, 0.29) is 37.7 Å². The summed E-state index contributed by atoms with van der Waals surface area (Å²) in [5.74, 6) is 1.41. The van der Waals surface area contributed by atoms with Crippen molar-refractivity contribution in [1.29, 1.82) is 0 Å². The first-order chi connectivity index (χ1) is 11.6. The Labute approximate surface area is 141 Å². The molecule has 0 heterocycles. The van der Waals surface area contributed by atoms with Crippen molar-refractivity contribution in [3.63, 3.8) is 0 Å². The molecule has 7 nitrogen and oxygen atoms in total. The molecule has 7 heteroatoms. The van der Waals surface area contributed by atoms with Gasteiger partial charge < -0.3 is 29.2 Å². The lowest BCUT2D eigenvalue weighted by Crippen LogP contribution is -2.15. The highest BCUT2D eigenvalue weighted by Gasteiger charge is 2.07. The lowest BCUT2D eigenvalue weighted by molar-refractivity contribution is -0.144. The van der Waals surface area contributed by atoms with Gasteiger partial charge in [0.1, 0.15) is 13.2 Å². The lowest BCUT2D eigenvalue weighted by Gasteiger charge is -2.07. The van der Waals surface area contributed by atoms with Crippen LogP contribution in [0.4, 0.5) is 0 Å². The molecule has 0 unspecified atom stereocenters. The highest BCUT2D eigenvalue weighted by atomic mass is 16.6. The highest BCUT2D eigenvalue weighted by Crippen LogP contribution is 2.25. The highest BCUT2D eigenvalue weighted by molar-refractivity contribution is 5.72. The standard InChI is InChI=1S/C17H22O7/c1-2-5-21-6-7-22-8-9-23-10-11-24-17(20)13-14-3-4-15(18)16(19)12-14/h1,3-4,12,18-19H,5-11,13H2. The maximum atomic E-state index is 11.6. The van der Waals surface area contributed by atoms with Gasteiger partial charge in [0.25, 0.3) is 0 Å². The van der Waals surface area contributed by atoms with Crippen LogP contribution in [0, 0.1) is 12.3 Å². The van der Waals surface area contributed by atoms with Gasteiger partial charge in [-0.05, 0) is 17.7 Å². The minimum absolute atomic E-state index is 0.00854. The summed E-state index contributed by atoms with van der Waals surface area (Å²) in [6.07, 6.45) is 5.03. The van der Waals surface area contributed by atoms with Gasteiger partial charge in [0.2, 0.25) is 0 Å². The Morgan fingerprint density at radius 1 is 0.958 bits per heavy atom. The number of benzene rings is 1. The van der Waals surface area contributed by atoms with Crippen molar-refractivity contribution in [3.05, 3.63) is 23.8 Å². The largest absolute Gasteiger partial charge is 0.504 e. The number of hydrogen-bond acceptors (Lipinski definition) is 7. The Morgan fingerprint density at radius 2 is 1.58 bits per heavy atom. The molecule has 132 valence electrons. The van der Waals surface area contributed by atoms with Crippen LogP contribution in [-0.4, -0.2) is 62.4 Å². The molecule has 0 spiro atoms. The molecule has 0 aliphatic carbocycles. The van der Waals surface area contributed by atoms with E-state index in [0.29, 0.717) is 32.0 Å². The van der Waals surface area contributed by atoms with Crippen LogP contribution in [0.25, 0.3) is 0 Å². The van der Waals surface area contributed by atoms with Crippen LogP contribution in [0.2, 0.25) is 0 Å². The fourth-order valence-corrected chi connectivity index (χ4v) is 1.68. The number of carbonyl (C=O) groups excluding carboxylic acids is 1. The van der Waals surface area contributed by atoms with Gasteiger partial charge in [0, 0.05) is 0 Å². The van der Waals surface area contributed by atoms with Crippen LogP contribution >= 0.6 is 0 Å². The molecular weight excluding hydrogens is 316 g/mol. The Morgan fingerprint density at radius 3 is 2.21 bits per heavy atom. The summed E-state index contributed by atoms with van der Waals surface area (Å²) < 4.78 is 20.5. The van der Waals surface area contributed by atoms with Crippen LogP contribution in [0.1, 0.15) is 5.56 Å². The van der Waals surface area contributed by atoms with Crippen LogP contribution in [0.5, 0.6) is 11.5 Å². The first-order valence-electron chi connectivity index (χ1n) is 7.46. The Balaban J connectivity index is 1.98. The lowest BCUT2D eigenvalue weighted by atomic mass is 10.1. The number of carbonyl (C=O) groups is 1. The molecule has 0 radical (unpaired) electrons. The van der Waals surface area contributed by atoms with Crippen molar-refractivity contribution in [2.45, 2.75) is 6.42 Å². The summed E-state index contributed by atoms with van der Waals surface area (Å²) in [5.41, 5.74) is 0.552. The zero-order chi connectivity index (χ0) is 17.6. The zero-order valence-corrected chi connectivity index (χ0v) is 13.4. The molecule has 0 aromatic heterocycles. The molecule has 0 fully saturated rings. The predicted octanol–water partition coefficient (Wildman–Crippen LogP) is 0.866. The maximum Gasteiger partial charge on any atom is 0.310 e. The van der Waals surface area contributed by atoms with Crippen LogP contribution < -0.4 is 0 Å². The topological polar surface area (TPSA) is 94.5 Å². The van der Waals surface area contributed by atoms with E-state index in [4.69, 9.17) is 25.4 Å². The molecule has 24 heavy (non-hydrogen) atoms. The van der Waals surface area contributed by atoms with Crippen molar-refractivity contribution >= 4 is 5.97 Å². The Bertz CT molecular complexity index is 536. The smallest absolute Gasteiger partial charge is 0.310 e. The molecular formula is C17H22O7. The molecule has 1 rings (SSSR count). The Kier molecular flexibility index (Phi) is 10.0. The van der Waals surface area contributed by atoms with Crippen molar-refractivity contribution in [2.75, 3.05) is 46.2 Å². The third-order valence-electron chi connectivity index (χ3n) is 2.81. The van der Waals surface area contributed by atoms with E-state index in [1.165, 1.54) is 18.2 Å². The number of terminal acetylenes is 1. The third kappa shape index (κ3) is 9.00. The van der Waals surface area contributed by atoms with Crippen LogP contribution in [-0.2, 0) is 30.2 Å². The molecule has 2 N–H and O–H groups in total. The SMILES string of the molecule is C#CCOCCOCCOCCOC(=O)Cc1ccc(O)c(O)c1. The van der Waals surface area contributed by atoms with Crippen molar-refractivity contribution in [2.24, 2.45) is 0 Å². The van der Waals surface area contributed by atoms with Crippen molar-refractivity contribution in [1.82, 2.24) is 0 Å². The van der Waals surface area contributed by atoms with E-state index >= 15 is 0 Å². The number of rotatable bonds is 12. The third-order valence-corrected chi connectivity index (χ3v) is 2.81. The average molecular weight is 338 g/mol. The number of phenolic OH excluding ortho intramolecular Hbond substituents is 2. The molecule has 0 aliphatic rings. The zero-order valence-electron chi connectivity index (χ0n) is 13.4. The molecule has 0 atom stereocenters. The molecule has 0 aliphatic heterocycles. The second-order valence-corrected chi connectivity index (χ2v) is 4.70. The van der Waals surface area contributed by atoms with Gasteiger partial charge in [0.05, 0.1) is 39.5 Å². The summed E-state index contributed by atoms with van der Waals surface area (Å²) in [6.45, 7) is 2.36. The summed E-state index contributed by atoms with van der Waals surface area (Å²) in [6, 6.07) is 4.17. The normalized spacial score (nSPS) is 10.3. The summed E-state index contributed by atoms with van der Waals surface area (Å²) in [5, 5.41) is 18.5. The van der Waals surface area contributed by atoms with Crippen LogP contribution in [0.15, 0.2) is 18.2 Å². The second kappa shape index (κ2) is 12.2. The van der Waals surface area contributed by atoms with E-state index in [0.717, 1.165) is 0 Å². The van der Waals surface area contributed by atoms with Gasteiger partial charge in [-0.15, -0.1) is 6.42 Å². The fourth-order valence-electron chi connectivity index (χ4n) is 1.68. The molecule has 1 aromatic rings. The number of ether oxygens (including phenoxy) is 4. The van der Waals surface area contributed by atoms with Gasteiger partial charge in [-0.25, -0.2) is 0 Å². The maximum absolute atomic E-state index is 11.6. The van der Waals surface area contributed by atoms with Gasteiger partial charge in [-0.1, -0.05) is 12.0 Å². The quantitative estimate of drug-likeness (QED) is 0.253. The minimum atomic E-state index is -0.439. The van der Waals surface area contributed by atoms with E-state index in [1.807, 2.05) is 0 Å². The van der Waals surface area contributed by atoms with Gasteiger partial charge >= 0.3 is 5.97 Å². The van der Waals surface area contributed by atoms with Crippen molar-refractivity contribution < 1.29 is 34.0 Å². The number of hydrogen-bond donors (Lipinski definition) is 2. The predicted molar refractivity (Wildman–Crippen MR) is 85.7 cm³/mol. The van der Waals surface area contributed by atoms with E-state index in [9.17, 15) is 15.0 Å². The van der Waals surface area contributed by atoms with Gasteiger partial charge in [-0.2, -0.15) is 0 Å². The van der Waals surface area contributed by atoms with Gasteiger partial charge in [-0.3, -0.25) is 4.79 Å². The van der Waals surface area contributed by atoms with E-state index in [1.54, 1.807) is 0 Å². The summed E-state index contributed by atoms with van der Waals surface area (Å²) in [4.78, 5) is 11.6. The molecule has 0 bridgehead atoms. The van der Waals surface area contributed by atoms with Crippen LogP contribution in [0.3, 0.4) is 0 Å². The first kappa shape index (κ1) is 19.8. The number of aromatic hydroxyl groups is 2. The monoisotopic (exact) mass is 338 g/mol. The number of phenols is 2. The van der Waals surface area contributed by atoms with E-state index in [2.05, 4.69) is 5.92 Å². The molecule has 0 amide bonds. The summed E-state index contributed by atoms with van der Waals surface area (Å²) >= 11 is 0. The average Bonchev–Trinajstić information content (AvgIpc) is 2.56.